The Labute approximate surface area is 99.6 Å². The van der Waals surface area contributed by atoms with E-state index < -0.39 is 5.60 Å². The fraction of sp³-hybridized carbons (Fsp3) is 1.00. The van der Waals surface area contributed by atoms with Gasteiger partial charge < -0.3 is 15.2 Å². The summed E-state index contributed by atoms with van der Waals surface area (Å²) in [7, 11) is 0. The van der Waals surface area contributed by atoms with E-state index in [1.165, 1.54) is 12.8 Å². The van der Waals surface area contributed by atoms with E-state index in [-0.39, 0.29) is 0 Å². The highest BCUT2D eigenvalue weighted by Gasteiger charge is 2.23. The van der Waals surface area contributed by atoms with Crippen LogP contribution in [0.25, 0.3) is 0 Å². The van der Waals surface area contributed by atoms with Crippen molar-refractivity contribution in [2.24, 2.45) is 0 Å². The molecule has 3 nitrogen and oxygen atoms in total. The summed E-state index contributed by atoms with van der Waals surface area (Å²) in [4.78, 5) is 0. The van der Waals surface area contributed by atoms with Gasteiger partial charge in [0.1, 0.15) is 0 Å². The van der Waals surface area contributed by atoms with Crippen molar-refractivity contribution in [2.45, 2.75) is 64.1 Å². The molecule has 1 aliphatic rings. The molecule has 0 aromatic carbocycles. The maximum Gasteiger partial charge on any atom is 0.0632 e. The maximum absolute atomic E-state index is 10.2. The van der Waals surface area contributed by atoms with Gasteiger partial charge in [-0.1, -0.05) is 6.92 Å². The lowest BCUT2D eigenvalue weighted by atomic mass is 9.94. The van der Waals surface area contributed by atoms with Crippen molar-refractivity contribution < 1.29 is 9.84 Å². The second-order valence-electron chi connectivity index (χ2n) is 5.17. The average Bonchev–Trinajstić information content (AvgIpc) is 2.75. The van der Waals surface area contributed by atoms with Gasteiger partial charge in [0, 0.05) is 6.61 Å². The first-order valence-corrected chi connectivity index (χ1v) is 6.69. The third kappa shape index (κ3) is 5.83. The summed E-state index contributed by atoms with van der Waals surface area (Å²) in [5, 5.41) is 13.5. The van der Waals surface area contributed by atoms with Crippen molar-refractivity contribution in [3.63, 3.8) is 0 Å². The largest absolute Gasteiger partial charge is 0.390 e. The van der Waals surface area contributed by atoms with Crippen LogP contribution in [-0.2, 0) is 4.74 Å². The Balaban J connectivity index is 2.07. The van der Waals surface area contributed by atoms with Gasteiger partial charge in [0.05, 0.1) is 11.7 Å². The summed E-state index contributed by atoms with van der Waals surface area (Å²) in [5.41, 5.74) is -0.535. The molecular weight excluding hydrogens is 202 g/mol. The van der Waals surface area contributed by atoms with Gasteiger partial charge >= 0.3 is 0 Å². The highest BCUT2D eigenvalue weighted by atomic mass is 16.5. The second kappa shape index (κ2) is 7.25. The lowest BCUT2D eigenvalue weighted by Crippen LogP contribution is -2.31. The summed E-state index contributed by atoms with van der Waals surface area (Å²) >= 11 is 0. The van der Waals surface area contributed by atoms with E-state index >= 15 is 0 Å². The molecule has 1 fully saturated rings. The molecule has 3 heteroatoms. The predicted octanol–water partition coefficient (Wildman–Crippen LogP) is 2.09. The Morgan fingerprint density at radius 3 is 2.81 bits per heavy atom. The summed E-state index contributed by atoms with van der Waals surface area (Å²) < 4.78 is 5.56. The maximum atomic E-state index is 10.2. The molecule has 0 spiro atoms. The highest BCUT2D eigenvalue weighted by Crippen LogP contribution is 2.23. The molecule has 0 radical (unpaired) electrons. The van der Waals surface area contributed by atoms with E-state index in [9.17, 15) is 5.11 Å². The molecule has 0 saturated carbocycles. The molecule has 0 aliphatic carbocycles. The minimum atomic E-state index is -0.535. The third-order valence-electron chi connectivity index (χ3n) is 3.30. The first kappa shape index (κ1) is 13.9. The number of rotatable bonds is 8. The molecule has 2 N–H and O–H groups in total. The van der Waals surface area contributed by atoms with Crippen molar-refractivity contribution in [3.8, 4) is 0 Å². The normalized spacial score (nSPS) is 24.6. The zero-order chi connectivity index (χ0) is 11.9. The van der Waals surface area contributed by atoms with Gasteiger partial charge in [0.2, 0.25) is 0 Å². The van der Waals surface area contributed by atoms with Gasteiger partial charge in [0.25, 0.3) is 0 Å². The molecular formula is C13H27NO2. The quantitative estimate of drug-likeness (QED) is 0.626. The SMILES string of the molecule is CCCNCCC(C)(O)CCC1CCCO1. The van der Waals surface area contributed by atoms with E-state index in [1.54, 1.807) is 0 Å². The first-order valence-electron chi connectivity index (χ1n) is 6.69. The van der Waals surface area contributed by atoms with Crippen LogP contribution in [0.2, 0.25) is 0 Å². The first-order chi connectivity index (χ1) is 7.64. The number of ether oxygens (including phenoxy) is 1. The molecule has 1 saturated heterocycles. The smallest absolute Gasteiger partial charge is 0.0632 e. The van der Waals surface area contributed by atoms with E-state index in [0.29, 0.717) is 6.10 Å². The van der Waals surface area contributed by atoms with Crippen LogP contribution in [0, 0.1) is 0 Å². The molecule has 0 aromatic heterocycles. The van der Waals surface area contributed by atoms with Gasteiger partial charge in [-0.25, -0.2) is 0 Å². The summed E-state index contributed by atoms with van der Waals surface area (Å²) in [5.74, 6) is 0. The van der Waals surface area contributed by atoms with Crippen LogP contribution in [0.1, 0.15) is 52.4 Å². The zero-order valence-electron chi connectivity index (χ0n) is 10.8. The van der Waals surface area contributed by atoms with Crippen LogP contribution < -0.4 is 5.32 Å². The van der Waals surface area contributed by atoms with Crippen LogP contribution in [-0.4, -0.2) is 36.5 Å². The Hall–Kier alpha value is -0.120. The number of aliphatic hydroxyl groups is 1. The average molecular weight is 229 g/mol. The molecule has 16 heavy (non-hydrogen) atoms. The molecule has 96 valence electrons. The van der Waals surface area contributed by atoms with Crippen LogP contribution in [0.15, 0.2) is 0 Å². The number of nitrogens with one attached hydrogen (secondary N) is 1. The van der Waals surface area contributed by atoms with Gasteiger partial charge in [-0.15, -0.1) is 0 Å². The van der Waals surface area contributed by atoms with Gasteiger partial charge in [-0.05, 0) is 58.5 Å². The molecule has 0 bridgehead atoms. The number of hydrogen-bond donors (Lipinski definition) is 2. The zero-order valence-corrected chi connectivity index (χ0v) is 10.8. The lowest BCUT2D eigenvalue weighted by molar-refractivity contribution is 0.0190. The van der Waals surface area contributed by atoms with E-state index in [0.717, 1.165) is 45.4 Å². The van der Waals surface area contributed by atoms with Gasteiger partial charge in [0.15, 0.2) is 0 Å². The highest BCUT2D eigenvalue weighted by molar-refractivity contribution is 4.77. The molecule has 1 aliphatic heterocycles. The minimum absolute atomic E-state index is 0.398. The van der Waals surface area contributed by atoms with Gasteiger partial charge in [-0.2, -0.15) is 0 Å². The van der Waals surface area contributed by atoms with Crippen LogP contribution in [0.4, 0.5) is 0 Å². The van der Waals surface area contributed by atoms with E-state index in [2.05, 4.69) is 12.2 Å². The fourth-order valence-electron chi connectivity index (χ4n) is 2.13. The van der Waals surface area contributed by atoms with Crippen LogP contribution >= 0.6 is 0 Å². The molecule has 1 heterocycles. The molecule has 1 rings (SSSR count). The standard InChI is InChI=1S/C13H27NO2/c1-3-9-14-10-8-13(2,15)7-6-12-5-4-11-16-12/h12,14-15H,3-11H2,1-2H3. The van der Waals surface area contributed by atoms with E-state index in [1.807, 2.05) is 6.92 Å². The third-order valence-corrected chi connectivity index (χ3v) is 3.30. The Bertz CT molecular complexity index is 177. The monoisotopic (exact) mass is 229 g/mol. The fourth-order valence-corrected chi connectivity index (χ4v) is 2.13. The van der Waals surface area contributed by atoms with Crippen molar-refractivity contribution in [1.82, 2.24) is 5.32 Å². The molecule has 2 unspecified atom stereocenters. The molecule has 2 atom stereocenters. The molecule has 0 aromatic rings. The van der Waals surface area contributed by atoms with Crippen LogP contribution in [0.5, 0.6) is 0 Å². The van der Waals surface area contributed by atoms with Gasteiger partial charge in [-0.3, -0.25) is 0 Å². The summed E-state index contributed by atoms with van der Waals surface area (Å²) in [6, 6.07) is 0. The minimum Gasteiger partial charge on any atom is -0.390 e. The van der Waals surface area contributed by atoms with Crippen molar-refractivity contribution in [2.75, 3.05) is 19.7 Å². The Morgan fingerprint density at radius 2 is 2.19 bits per heavy atom. The Morgan fingerprint density at radius 1 is 1.38 bits per heavy atom. The number of hydrogen-bond acceptors (Lipinski definition) is 3. The Kier molecular flexibility index (Phi) is 6.32. The molecule has 0 amide bonds. The second-order valence-corrected chi connectivity index (χ2v) is 5.17. The predicted molar refractivity (Wildman–Crippen MR) is 66.6 cm³/mol. The summed E-state index contributed by atoms with van der Waals surface area (Å²) in [6.07, 6.45) is 6.59. The topological polar surface area (TPSA) is 41.5 Å². The van der Waals surface area contributed by atoms with Crippen molar-refractivity contribution in [3.05, 3.63) is 0 Å². The lowest BCUT2D eigenvalue weighted by Gasteiger charge is -2.24. The van der Waals surface area contributed by atoms with E-state index in [4.69, 9.17) is 4.74 Å². The van der Waals surface area contributed by atoms with Crippen molar-refractivity contribution >= 4 is 0 Å². The van der Waals surface area contributed by atoms with Crippen molar-refractivity contribution in [1.29, 1.82) is 0 Å². The van der Waals surface area contributed by atoms with Crippen LogP contribution in [0.3, 0.4) is 0 Å². The summed E-state index contributed by atoms with van der Waals surface area (Å²) in [6.45, 7) is 6.96.